The Bertz CT molecular complexity index is 453. The van der Waals surface area contributed by atoms with Gasteiger partial charge in [-0.2, -0.15) is 0 Å². The Labute approximate surface area is 113 Å². The highest BCUT2D eigenvalue weighted by molar-refractivity contribution is 5.94. The molecule has 4 nitrogen and oxygen atoms in total. The van der Waals surface area contributed by atoms with Gasteiger partial charge in [0.25, 0.3) is 5.91 Å². The molecule has 0 bridgehead atoms. The lowest BCUT2D eigenvalue weighted by molar-refractivity contribution is -0.0689. The van der Waals surface area contributed by atoms with Crippen LogP contribution in [-0.4, -0.2) is 29.8 Å². The second-order valence-electron chi connectivity index (χ2n) is 5.56. The molecule has 1 aromatic rings. The van der Waals surface area contributed by atoms with E-state index in [-0.39, 0.29) is 23.5 Å². The summed E-state index contributed by atoms with van der Waals surface area (Å²) in [6.45, 7) is 6.46. The fourth-order valence-electron chi connectivity index (χ4n) is 2.26. The Balaban J connectivity index is 1.97. The SMILES string of the molecule is CCOc1ccc(C(=O)NC2CC(O)C2(C)C)cc1. The number of hydrogen-bond donors (Lipinski definition) is 2. The van der Waals surface area contributed by atoms with Crippen LogP contribution in [0.2, 0.25) is 0 Å². The van der Waals surface area contributed by atoms with E-state index in [1.54, 1.807) is 24.3 Å². The number of nitrogens with one attached hydrogen (secondary N) is 1. The van der Waals surface area contributed by atoms with Crippen molar-refractivity contribution in [3.05, 3.63) is 29.8 Å². The molecule has 19 heavy (non-hydrogen) atoms. The fraction of sp³-hybridized carbons (Fsp3) is 0.533. The summed E-state index contributed by atoms with van der Waals surface area (Å²) >= 11 is 0. The number of ether oxygens (including phenoxy) is 1. The Kier molecular flexibility index (Phi) is 3.80. The zero-order valence-corrected chi connectivity index (χ0v) is 11.6. The van der Waals surface area contributed by atoms with E-state index in [2.05, 4.69) is 5.32 Å². The summed E-state index contributed by atoms with van der Waals surface area (Å²) in [4.78, 5) is 12.1. The van der Waals surface area contributed by atoms with Crippen molar-refractivity contribution in [2.75, 3.05) is 6.61 Å². The largest absolute Gasteiger partial charge is 0.494 e. The highest BCUT2D eigenvalue weighted by atomic mass is 16.5. The van der Waals surface area contributed by atoms with Crippen molar-refractivity contribution in [1.29, 1.82) is 0 Å². The van der Waals surface area contributed by atoms with E-state index in [0.717, 1.165) is 5.75 Å². The van der Waals surface area contributed by atoms with Crippen molar-refractivity contribution in [3.8, 4) is 5.75 Å². The first kappa shape index (κ1) is 13.9. The fourth-order valence-corrected chi connectivity index (χ4v) is 2.26. The van der Waals surface area contributed by atoms with E-state index < -0.39 is 0 Å². The minimum absolute atomic E-state index is 0.0292. The van der Waals surface area contributed by atoms with Crippen molar-refractivity contribution in [1.82, 2.24) is 5.32 Å². The van der Waals surface area contributed by atoms with Gasteiger partial charge in [-0.1, -0.05) is 13.8 Å². The Morgan fingerprint density at radius 2 is 2.05 bits per heavy atom. The predicted molar refractivity (Wildman–Crippen MR) is 73.3 cm³/mol. The van der Waals surface area contributed by atoms with Gasteiger partial charge in [-0.05, 0) is 37.6 Å². The molecule has 2 rings (SSSR count). The monoisotopic (exact) mass is 263 g/mol. The lowest BCUT2D eigenvalue weighted by atomic mass is 9.64. The van der Waals surface area contributed by atoms with E-state index >= 15 is 0 Å². The molecular weight excluding hydrogens is 242 g/mol. The van der Waals surface area contributed by atoms with E-state index in [4.69, 9.17) is 4.74 Å². The van der Waals surface area contributed by atoms with Crippen LogP contribution in [-0.2, 0) is 0 Å². The van der Waals surface area contributed by atoms with Crippen LogP contribution in [0.5, 0.6) is 5.75 Å². The van der Waals surface area contributed by atoms with Crippen molar-refractivity contribution in [2.24, 2.45) is 5.41 Å². The molecule has 0 spiro atoms. The number of rotatable bonds is 4. The summed E-state index contributed by atoms with van der Waals surface area (Å²) in [6, 6.07) is 7.12. The Hall–Kier alpha value is -1.55. The summed E-state index contributed by atoms with van der Waals surface area (Å²) in [7, 11) is 0. The van der Waals surface area contributed by atoms with E-state index in [9.17, 15) is 9.90 Å². The third kappa shape index (κ3) is 2.73. The molecule has 0 heterocycles. The molecule has 0 radical (unpaired) electrons. The lowest BCUT2D eigenvalue weighted by Gasteiger charge is -2.49. The normalized spacial score (nSPS) is 24.4. The van der Waals surface area contributed by atoms with E-state index in [1.807, 2.05) is 20.8 Å². The molecule has 0 saturated heterocycles. The van der Waals surface area contributed by atoms with Crippen LogP contribution >= 0.6 is 0 Å². The van der Waals surface area contributed by atoms with Gasteiger partial charge in [0.1, 0.15) is 5.75 Å². The van der Waals surface area contributed by atoms with Crippen LogP contribution in [0.4, 0.5) is 0 Å². The maximum absolute atomic E-state index is 12.1. The quantitative estimate of drug-likeness (QED) is 0.873. The molecule has 2 N–H and O–H groups in total. The molecule has 4 heteroatoms. The Morgan fingerprint density at radius 1 is 1.42 bits per heavy atom. The van der Waals surface area contributed by atoms with Gasteiger partial charge in [0.05, 0.1) is 12.7 Å². The highest BCUT2D eigenvalue weighted by Crippen LogP contribution is 2.40. The van der Waals surface area contributed by atoms with Crippen molar-refractivity contribution in [3.63, 3.8) is 0 Å². The third-order valence-electron chi connectivity index (χ3n) is 3.95. The smallest absolute Gasteiger partial charge is 0.251 e. The van der Waals surface area contributed by atoms with Gasteiger partial charge in [-0.3, -0.25) is 4.79 Å². The van der Waals surface area contributed by atoms with Crippen molar-refractivity contribution >= 4 is 5.91 Å². The molecule has 1 aliphatic carbocycles. The molecule has 1 amide bonds. The van der Waals surface area contributed by atoms with Crippen LogP contribution in [0.15, 0.2) is 24.3 Å². The molecular formula is C15H21NO3. The predicted octanol–water partition coefficient (Wildman–Crippen LogP) is 1.97. The first-order chi connectivity index (χ1) is 8.95. The third-order valence-corrected chi connectivity index (χ3v) is 3.95. The molecule has 0 aliphatic heterocycles. The van der Waals surface area contributed by atoms with Gasteiger partial charge in [-0.15, -0.1) is 0 Å². The number of aliphatic hydroxyl groups is 1. The zero-order chi connectivity index (χ0) is 14.0. The molecule has 2 atom stereocenters. The maximum Gasteiger partial charge on any atom is 0.251 e. The van der Waals surface area contributed by atoms with Gasteiger partial charge >= 0.3 is 0 Å². The second kappa shape index (κ2) is 5.21. The van der Waals surface area contributed by atoms with E-state index in [0.29, 0.717) is 18.6 Å². The summed E-state index contributed by atoms with van der Waals surface area (Å²) in [6.07, 6.45) is 0.286. The van der Waals surface area contributed by atoms with Gasteiger partial charge in [-0.25, -0.2) is 0 Å². The summed E-state index contributed by atoms with van der Waals surface area (Å²) in [5, 5.41) is 12.6. The zero-order valence-electron chi connectivity index (χ0n) is 11.6. The molecule has 0 aromatic heterocycles. The number of hydrogen-bond acceptors (Lipinski definition) is 3. The summed E-state index contributed by atoms with van der Waals surface area (Å²) in [5.74, 6) is 0.659. The first-order valence-electron chi connectivity index (χ1n) is 6.67. The first-order valence-corrected chi connectivity index (χ1v) is 6.67. The molecule has 104 valence electrons. The minimum atomic E-state index is -0.335. The van der Waals surface area contributed by atoms with E-state index in [1.165, 1.54) is 0 Å². The molecule has 2 unspecified atom stereocenters. The van der Waals surface area contributed by atoms with Crippen LogP contribution in [0.3, 0.4) is 0 Å². The van der Waals surface area contributed by atoms with Crippen LogP contribution in [0.1, 0.15) is 37.6 Å². The number of carbonyl (C=O) groups excluding carboxylic acids is 1. The van der Waals surface area contributed by atoms with Gasteiger partial charge in [0, 0.05) is 17.0 Å². The van der Waals surface area contributed by atoms with Gasteiger partial charge in [0.15, 0.2) is 0 Å². The molecule has 1 fully saturated rings. The van der Waals surface area contributed by atoms with Crippen LogP contribution < -0.4 is 10.1 Å². The van der Waals surface area contributed by atoms with Crippen molar-refractivity contribution in [2.45, 2.75) is 39.3 Å². The van der Waals surface area contributed by atoms with Crippen molar-refractivity contribution < 1.29 is 14.6 Å². The highest BCUT2D eigenvalue weighted by Gasteiger charge is 2.47. The average Bonchev–Trinajstić information content (AvgIpc) is 2.39. The van der Waals surface area contributed by atoms with Gasteiger partial charge < -0.3 is 15.2 Å². The summed E-state index contributed by atoms with van der Waals surface area (Å²) in [5.41, 5.74) is 0.363. The average molecular weight is 263 g/mol. The minimum Gasteiger partial charge on any atom is -0.494 e. The Morgan fingerprint density at radius 3 is 2.53 bits per heavy atom. The number of benzene rings is 1. The standard InChI is InChI=1S/C15H21NO3/c1-4-19-11-7-5-10(6-8-11)14(18)16-12-9-13(17)15(12,2)3/h5-8,12-13,17H,4,9H2,1-3H3,(H,16,18). The molecule has 1 saturated carbocycles. The van der Waals surface area contributed by atoms with Crippen LogP contribution in [0.25, 0.3) is 0 Å². The lowest BCUT2D eigenvalue weighted by Crippen LogP contribution is -2.61. The number of aliphatic hydroxyl groups excluding tert-OH is 1. The number of amides is 1. The number of carbonyl (C=O) groups is 1. The topological polar surface area (TPSA) is 58.6 Å². The second-order valence-corrected chi connectivity index (χ2v) is 5.56. The summed E-state index contributed by atoms with van der Waals surface area (Å²) < 4.78 is 5.34. The van der Waals surface area contributed by atoms with Crippen LogP contribution in [0, 0.1) is 5.41 Å². The molecule has 1 aliphatic rings. The maximum atomic E-state index is 12.1. The molecule has 1 aromatic carbocycles. The van der Waals surface area contributed by atoms with Gasteiger partial charge in [0.2, 0.25) is 0 Å².